The molecule has 8 heteroatoms. The lowest BCUT2D eigenvalue weighted by Gasteiger charge is -2.15. The molecule has 1 aromatic heterocycles. The molecule has 6 nitrogen and oxygen atoms in total. The number of hydrogen-bond acceptors (Lipinski definition) is 5. The second-order valence-corrected chi connectivity index (χ2v) is 6.60. The van der Waals surface area contributed by atoms with Crippen LogP contribution in [0.3, 0.4) is 0 Å². The number of aromatic nitrogens is 2. The number of nitrogens with zero attached hydrogens (tertiary/aromatic N) is 2. The van der Waals surface area contributed by atoms with Crippen LogP contribution >= 0.6 is 0 Å². The second kappa shape index (κ2) is 6.27. The van der Waals surface area contributed by atoms with Gasteiger partial charge in [-0.05, 0) is 44.5 Å². The van der Waals surface area contributed by atoms with E-state index in [1.807, 2.05) is 0 Å². The molecular formula is C14H16FN3O3S. The van der Waals surface area contributed by atoms with Gasteiger partial charge in [-0.1, -0.05) is 0 Å². The lowest BCUT2D eigenvalue weighted by Crippen LogP contribution is -2.18. The Kier molecular flexibility index (Phi) is 4.60. The SMILES string of the molecule is Cc1cnc(NS(=O)(=O)c2cc(F)ccc2OC(C)C)nc1. The molecule has 0 atom stereocenters. The molecular weight excluding hydrogens is 309 g/mol. The summed E-state index contributed by atoms with van der Waals surface area (Å²) < 4.78 is 45.9. The third-order valence-corrected chi connectivity index (χ3v) is 3.91. The zero-order chi connectivity index (χ0) is 16.3. The van der Waals surface area contributed by atoms with Gasteiger partial charge in [-0.3, -0.25) is 0 Å². The van der Waals surface area contributed by atoms with Crippen molar-refractivity contribution in [3.05, 3.63) is 42.0 Å². The van der Waals surface area contributed by atoms with E-state index in [2.05, 4.69) is 14.7 Å². The first-order valence-electron chi connectivity index (χ1n) is 6.55. The predicted molar refractivity (Wildman–Crippen MR) is 79.7 cm³/mol. The van der Waals surface area contributed by atoms with E-state index in [9.17, 15) is 12.8 Å². The largest absolute Gasteiger partial charge is 0.490 e. The minimum absolute atomic E-state index is 0.0658. The second-order valence-electron chi connectivity index (χ2n) is 4.95. The van der Waals surface area contributed by atoms with E-state index in [0.717, 1.165) is 17.7 Å². The van der Waals surface area contributed by atoms with E-state index in [0.29, 0.717) is 0 Å². The first-order valence-corrected chi connectivity index (χ1v) is 8.04. The van der Waals surface area contributed by atoms with E-state index >= 15 is 0 Å². The first kappa shape index (κ1) is 16.2. The lowest BCUT2D eigenvalue weighted by molar-refractivity contribution is 0.235. The third kappa shape index (κ3) is 3.91. The summed E-state index contributed by atoms with van der Waals surface area (Å²) in [6.07, 6.45) is 2.69. The van der Waals surface area contributed by atoms with Crippen LogP contribution in [-0.2, 0) is 10.0 Å². The average Bonchev–Trinajstić information content (AvgIpc) is 2.42. The zero-order valence-corrected chi connectivity index (χ0v) is 13.2. The van der Waals surface area contributed by atoms with Crippen molar-refractivity contribution in [3.8, 4) is 5.75 Å². The topological polar surface area (TPSA) is 81.2 Å². The van der Waals surface area contributed by atoms with Crippen LogP contribution in [-0.4, -0.2) is 24.5 Å². The van der Waals surface area contributed by atoms with Gasteiger partial charge in [0.15, 0.2) is 0 Å². The number of rotatable bonds is 5. The Labute approximate surface area is 128 Å². The molecule has 0 aliphatic heterocycles. The first-order chi connectivity index (χ1) is 10.3. The van der Waals surface area contributed by atoms with E-state index in [1.54, 1.807) is 20.8 Å². The van der Waals surface area contributed by atoms with Crippen molar-refractivity contribution >= 4 is 16.0 Å². The Hall–Kier alpha value is -2.22. The number of benzene rings is 1. The van der Waals surface area contributed by atoms with Gasteiger partial charge in [-0.2, -0.15) is 0 Å². The Morgan fingerprint density at radius 2 is 1.86 bits per heavy atom. The molecule has 0 spiro atoms. The summed E-state index contributed by atoms with van der Waals surface area (Å²) >= 11 is 0. The molecule has 0 aliphatic carbocycles. The predicted octanol–water partition coefficient (Wildman–Crippen LogP) is 2.51. The highest BCUT2D eigenvalue weighted by Crippen LogP contribution is 2.27. The number of anilines is 1. The van der Waals surface area contributed by atoms with Crippen molar-refractivity contribution in [1.29, 1.82) is 0 Å². The molecule has 118 valence electrons. The number of hydrogen-bond donors (Lipinski definition) is 1. The minimum atomic E-state index is -4.06. The smallest absolute Gasteiger partial charge is 0.268 e. The zero-order valence-electron chi connectivity index (χ0n) is 12.4. The molecule has 0 saturated carbocycles. The lowest BCUT2D eigenvalue weighted by atomic mass is 10.3. The van der Waals surface area contributed by atoms with E-state index < -0.39 is 15.8 Å². The quantitative estimate of drug-likeness (QED) is 0.913. The molecule has 1 N–H and O–H groups in total. The van der Waals surface area contributed by atoms with Crippen LogP contribution in [0.2, 0.25) is 0 Å². The molecule has 0 amide bonds. The van der Waals surface area contributed by atoms with Gasteiger partial charge in [-0.15, -0.1) is 0 Å². The number of aryl methyl sites for hydroxylation is 1. The number of sulfonamides is 1. The highest BCUT2D eigenvalue weighted by atomic mass is 32.2. The van der Waals surface area contributed by atoms with E-state index in [1.165, 1.54) is 18.5 Å². The van der Waals surface area contributed by atoms with Gasteiger partial charge in [0.1, 0.15) is 16.5 Å². The summed E-state index contributed by atoms with van der Waals surface area (Å²) in [5, 5.41) is 0. The molecule has 0 bridgehead atoms. The summed E-state index contributed by atoms with van der Waals surface area (Å²) in [7, 11) is -4.06. The Morgan fingerprint density at radius 1 is 1.23 bits per heavy atom. The van der Waals surface area contributed by atoms with E-state index in [-0.39, 0.29) is 22.7 Å². The minimum Gasteiger partial charge on any atom is -0.490 e. The van der Waals surface area contributed by atoms with Crippen LogP contribution in [0.15, 0.2) is 35.5 Å². The van der Waals surface area contributed by atoms with Gasteiger partial charge in [0.25, 0.3) is 10.0 Å². The Bertz CT molecular complexity index is 761. The monoisotopic (exact) mass is 325 g/mol. The van der Waals surface area contributed by atoms with Crippen LogP contribution < -0.4 is 9.46 Å². The molecule has 2 aromatic rings. The van der Waals surface area contributed by atoms with Crippen LogP contribution in [0.5, 0.6) is 5.75 Å². The maximum Gasteiger partial charge on any atom is 0.268 e. The van der Waals surface area contributed by atoms with Gasteiger partial charge >= 0.3 is 0 Å². The van der Waals surface area contributed by atoms with Crippen molar-refractivity contribution in [3.63, 3.8) is 0 Å². The highest BCUT2D eigenvalue weighted by Gasteiger charge is 2.22. The van der Waals surface area contributed by atoms with Crippen LogP contribution in [0, 0.1) is 12.7 Å². The molecule has 0 aliphatic rings. The van der Waals surface area contributed by atoms with Crippen molar-refractivity contribution in [2.75, 3.05) is 4.72 Å². The molecule has 0 fully saturated rings. The highest BCUT2D eigenvalue weighted by molar-refractivity contribution is 7.92. The fraction of sp³-hybridized carbons (Fsp3) is 0.286. The van der Waals surface area contributed by atoms with Gasteiger partial charge in [-0.25, -0.2) is 27.5 Å². The van der Waals surface area contributed by atoms with Crippen molar-refractivity contribution in [1.82, 2.24) is 9.97 Å². The molecule has 1 aromatic carbocycles. The number of nitrogens with one attached hydrogen (secondary N) is 1. The van der Waals surface area contributed by atoms with Gasteiger partial charge in [0, 0.05) is 12.4 Å². The molecule has 0 radical (unpaired) electrons. The van der Waals surface area contributed by atoms with Crippen molar-refractivity contribution in [2.24, 2.45) is 0 Å². The summed E-state index contributed by atoms with van der Waals surface area (Å²) in [5.74, 6) is -0.706. The summed E-state index contributed by atoms with van der Waals surface area (Å²) in [5.41, 5.74) is 0.789. The normalized spacial score (nSPS) is 11.5. The number of ether oxygens (including phenoxy) is 1. The standard InChI is InChI=1S/C14H16FN3O3S/c1-9(2)21-12-5-4-11(15)6-13(12)22(19,20)18-14-16-7-10(3)8-17-14/h4-9H,1-3H3,(H,16,17,18). The van der Waals surface area contributed by atoms with E-state index in [4.69, 9.17) is 4.74 Å². The van der Waals surface area contributed by atoms with Crippen LogP contribution in [0.4, 0.5) is 10.3 Å². The van der Waals surface area contributed by atoms with Crippen molar-refractivity contribution in [2.45, 2.75) is 31.8 Å². The maximum atomic E-state index is 13.4. The number of halogens is 1. The summed E-state index contributed by atoms with van der Waals surface area (Å²) in [6.45, 7) is 5.27. The van der Waals surface area contributed by atoms with Gasteiger partial charge in [0.2, 0.25) is 5.95 Å². The fourth-order valence-corrected chi connectivity index (χ4v) is 2.77. The molecule has 0 unspecified atom stereocenters. The average molecular weight is 325 g/mol. The van der Waals surface area contributed by atoms with Gasteiger partial charge in [0.05, 0.1) is 6.10 Å². The molecule has 1 heterocycles. The Balaban J connectivity index is 2.39. The fourth-order valence-electron chi connectivity index (χ4n) is 1.66. The summed E-state index contributed by atoms with van der Waals surface area (Å²) in [6, 6.07) is 3.31. The third-order valence-electron chi connectivity index (χ3n) is 2.56. The Morgan fingerprint density at radius 3 is 2.45 bits per heavy atom. The maximum absolute atomic E-state index is 13.4. The summed E-state index contributed by atoms with van der Waals surface area (Å²) in [4.78, 5) is 7.43. The van der Waals surface area contributed by atoms with Crippen molar-refractivity contribution < 1.29 is 17.5 Å². The molecule has 22 heavy (non-hydrogen) atoms. The van der Waals surface area contributed by atoms with Gasteiger partial charge < -0.3 is 4.74 Å². The molecule has 2 rings (SSSR count). The molecule has 0 saturated heterocycles. The van der Waals surface area contributed by atoms with Crippen LogP contribution in [0.25, 0.3) is 0 Å². The van der Waals surface area contributed by atoms with Crippen LogP contribution in [0.1, 0.15) is 19.4 Å².